The van der Waals surface area contributed by atoms with Crippen molar-refractivity contribution >= 4 is 34.0 Å². The van der Waals surface area contributed by atoms with Crippen molar-refractivity contribution in [2.75, 3.05) is 45.5 Å². The number of halogens is 1. The van der Waals surface area contributed by atoms with E-state index in [1.807, 2.05) is 12.1 Å². The van der Waals surface area contributed by atoms with Gasteiger partial charge in [0, 0.05) is 11.5 Å². The van der Waals surface area contributed by atoms with Gasteiger partial charge in [-0.1, -0.05) is 11.6 Å². The Labute approximate surface area is 202 Å². The summed E-state index contributed by atoms with van der Waals surface area (Å²) in [6.45, 7) is 3.04. The summed E-state index contributed by atoms with van der Waals surface area (Å²) in [4.78, 5) is 11.0. The van der Waals surface area contributed by atoms with Gasteiger partial charge >= 0.3 is 0 Å². The van der Waals surface area contributed by atoms with E-state index in [9.17, 15) is 0 Å². The molecule has 3 aromatic rings. The normalized spacial score (nSPS) is 15.8. The lowest BCUT2D eigenvalue weighted by molar-refractivity contribution is 0.149. The lowest BCUT2D eigenvalue weighted by Crippen LogP contribution is -2.35. The van der Waals surface area contributed by atoms with Crippen molar-refractivity contribution in [1.29, 1.82) is 5.26 Å². The van der Waals surface area contributed by atoms with Crippen LogP contribution in [0, 0.1) is 17.2 Å². The first-order valence-corrected chi connectivity index (χ1v) is 11.4. The standard InChI is InChI=1S/C24H24ClN5O4/c1-31-20-10-16-18(11-21(20)32-12-15-4-7-30(8-5-15)9-6-26)27-13-28-24(16)29-22-17(25)2-3-19-23(22)34-14-33-19/h2-3,10-11,13,15H,4-5,7-9,12,14H2,1H3,(H,27,28,29). The van der Waals surface area contributed by atoms with Gasteiger partial charge in [-0.05, 0) is 50.0 Å². The quantitative estimate of drug-likeness (QED) is 0.492. The highest BCUT2D eigenvalue weighted by molar-refractivity contribution is 6.34. The Morgan fingerprint density at radius 2 is 2.06 bits per heavy atom. The number of nitrogens with one attached hydrogen (secondary N) is 1. The number of likely N-dealkylation sites (tertiary alicyclic amines) is 1. The maximum Gasteiger partial charge on any atom is 0.231 e. The van der Waals surface area contributed by atoms with Gasteiger partial charge in [-0.3, -0.25) is 4.90 Å². The molecule has 1 fully saturated rings. The highest BCUT2D eigenvalue weighted by atomic mass is 35.5. The molecule has 34 heavy (non-hydrogen) atoms. The van der Waals surface area contributed by atoms with Crippen LogP contribution in [0.2, 0.25) is 5.02 Å². The molecule has 1 saturated heterocycles. The summed E-state index contributed by atoms with van der Waals surface area (Å²) in [6, 6.07) is 9.46. The van der Waals surface area contributed by atoms with Crippen LogP contribution in [-0.2, 0) is 0 Å². The summed E-state index contributed by atoms with van der Waals surface area (Å²) in [7, 11) is 1.61. The number of nitrogens with zero attached hydrogens (tertiary/aromatic N) is 4. The van der Waals surface area contributed by atoms with E-state index < -0.39 is 0 Å². The zero-order valence-corrected chi connectivity index (χ0v) is 19.5. The lowest BCUT2D eigenvalue weighted by atomic mass is 9.98. The molecule has 1 N–H and O–H groups in total. The number of hydrogen-bond donors (Lipinski definition) is 1. The van der Waals surface area contributed by atoms with Crippen molar-refractivity contribution in [1.82, 2.24) is 14.9 Å². The number of nitriles is 1. The van der Waals surface area contributed by atoms with Crippen LogP contribution in [0.25, 0.3) is 10.9 Å². The van der Waals surface area contributed by atoms with Gasteiger partial charge in [-0.15, -0.1) is 0 Å². The predicted octanol–water partition coefficient (Wildman–Crippen LogP) is 4.38. The zero-order chi connectivity index (χ0) is 23.5. The second-order valence-corrected chi connectivity index (χ2v) is 8.62. The molecule has 3 heterocycles. The third-order valence-corrected chi connectivity index (χ3v) is 6.44. The number of hydrogen-bond acceptors (Lipinski definition) is 9. The number of aromatic nitrogens is 2. The van der Waals surface area contributed by atoms with Crippen LogP contribution < -0.4 is 24.3 Å². The van der Waals surface area contributed by atoms with Gasteiger partial charge in [0.15, 0.2) is 23.0 Å². The summed E-state index contributed by atoms with van der Waals surface area (Å²) in [5, 5.41) is 13.4. The largest absolute Gasteiger partial charge is 0.493 e. The van der Waals surface area contributed by atoms with Crippen LogP contribution in [0.3, 0.4) is 0 Å². The number of piperidine rings is 1. The van der Waals surface area contributed by atoms with E-state index in [4.69, 9.17) is 35.8 Å². The van der Waals surface area contributed by atoms with Crippen molar-refractivity contribution in [3.8, 4) is 29.1 Å². The minimum atomic E-state index is 0.140. The molecule has 10 heteroatoms. The summed E-state index contributed by atoms with van der Waals surface area (Å²) < 4.78 is 22.8. The maximum absolute atomic E-state index is 8.87. The number of anilines is 2. The van der Waals surface area contributed by atoms with Crippen LogP contribution in [0.15, 0.2) is 30.6 Å². The van der Waals surface area contributed by atoms with Crippen molar-refractivity contribution < 1.29 is 18.9 Å². The molecule has 5 rings (SSSR count). The lowest BCUT2D eigenvalue weighted by Gasteiger charge is -2.30. The monoisotopic (exact) mass is 481 g/mol. The minimum Gasteiger partial charge on any atom is -0.493 e. The van der Waals surface area contributed by atoms with Crippen LogP contribution in [-0.4, -0.2) is 55.0 Å². The number of ether oxygens (including phenoxy) is 4. The van der Waals surface area contributed by atoms with Gasteiger partial charge in [0.05, 0.1) is 36.9 Å². The first-order chi connectivity index (χ1) is 16.7. The van der Waals surface area contributed by atoms with E-state index >= 15 is 0 Å². The molecule has 0 amide bonds. The van der Waals surface area contributed by atoms with Crippen LogP contribution in [0.5, 0.6) is 23.0 Å². The van der Waals surface area contributed by atoms with Gasteiger partial charge in [0.2, 0.25) is 6.79 Å². The molecule has 2 aromatic carbocycles. The van der Waals surface area contributed by atoms with Gasteiger partial charge in [0.1, 0.15) is 17.8 Å². The molecular formula is C24H24ClN5O4. The second kappa shape index (κ2) is 9.79. The molecule has 2 aliphatic heterocycles. The van der Waals surface area contributed by atoms with E-state index in [0.717, 1.165) is 31.3 Å². The minimum absolute atomic E-state index is 0.140. The third kappa shape index (κ3) is 4.47. The molecule has 0 unspecified atom stereocenters. The van der Waals surface area contributed by atoms with Gasteiger partial charge < -0.3 is 24.3 Å². The second-order valence-electron chi connectivity index (χ2n) is 8.21. The Bertz CT molecular complexity index is 1240. The molecule has 0 bridgehead atoms. The van der Waals surface area contributed by atoms with Crippen LogP contribution >= 0.6 is 11.6 Å². The van der Waals surface area contributed by atoms with Gasteiger partial charge in [0.25, 0.3) is 0 Å². The van der Waals surface area contributed by atoms with Gasteiger partial charge in [-0.25, -0.2) is 9.97 Å². The van der Waals surface area contributed by atoms with E-state index in [0.29, 0.717) is 64.1 Å². The summed E-state index contributed by atoms with van der Waals surface area (Å²) in [6.07, 6.45) is 3.49. The highest BCUT2D eigenvalue weighted by Crippen LogP contribution is 2.45. The fourth-order valence-corrected chi connectivity index (χ4v) is 4.43. The Hall–Kier alpha value is -3.48. The fraction of sp³-hybridized carbons (Fsp3) is 0.375. The average Bonchev–Trinajstić information content (AvgIpc) is 3.34. The fourth-order valence-electron chi connectivity index (χ4n) is 4.24. The van der Waals surface area contributed by atoms with Crippen LogP contribution in [0.4, 0.5) is 11.5 Å². The predicted molar refractivity (Wildman–Crippen MR) is 127 cm³/mol. The Morgan fingerprint density at radius 1 is 1.21 bits per heavy atom. The molecule has 0 saturated carbocycles. The Morgan fingerprint density at radius 3 is 2.85 bits per heavy atom. The summed E-state index contributed by atoms with van der Waals surface area (Å²) in [5.74, 6) is 3.39. The Kier molecular flexibility index (Phi) is 6.43. The number of benzene rings is 2. The number of rotatable bonds is 7. The molecule has 176 valence electrons. The SMILES string of the molecule is COc1cc2c(Nc3c(Cl)ccc4c3OCO4)ncnc2cc1OCC1CCN(CC#N)CC1. The smallest absolute Gasteiger partial charge is 0.231 e. The topological polar surface area (TPSA) is 102 Å². The van der Waals surface area contributed by atoms with Crippen molar-refractivity contribution in [3.63, 3.8) is 0 Å². The van der Waals surface area contributed by atoms with Crippen molar-refractivity contribution in [2.45, 2.75) is 12.8 Å². The van der Waals surface area contributed by atoms with Crippen molar-refractivity contribution in [3.05, 3.63) is 35.6 Å². The van der Waals surface area contributed by atoms with E-state index in [1.54, 1.807) is 19.2 Å². The summed E-state index contributed by atoms with van der Waals surface area (Å²) >= 11 is 6.43. The number of fused-ring (bicyclic) bond motifs is 2. The third-order valence-electron chi connectivity index (χ3n) is 6.13. The van der Waals surface area contributed by atoms with Crippen LogP contribution in [0.1, 0.15) is 12.8 Å². The van der Waals surface area contributed by atoms with E-state index in [-0.39, 0.29) is 6.79 Å². The molecule has 0 spiro atoms. The first kappa shape index (κ1) is 22.3. The molecule has 0 radical (unpaired) electrons. The molecule has 1 aromatic heterocycles. The maximum atomic E-state index is 8.87. The zero-order valence-electron chi connectivity index (χ0n) is 18.7. The average molecular weight is 482 g/mol. The Balaban J connectivity index is 1.37. The molecule has 0 atom stereocenters. The van der Waals surface area contributed by atoms with Gasteiger partial charge in [-0.2, -0.15) is 5.26 Å². The number of methoxy groups -OCH3 is 1. The highest BCUT2D eigenvalue weighted by Gasteiger charge is 2.23. The first-order valence-electron chi connectivity index (χ1n) is 11.1. The van der Waals surface area contributed by atoms with Crippen molar-refractivity contribution in [2.24, 2.45) is 5.92 Å². The van der Waals surface area contributed by atoms with E-state index in [2.05, 4.69) is 26.3 Å². The molecule has 0 aliphatic carbocycles. The molecule has 2 aliphatic rings. The molecule has 9 nitrogen and oxygen atoms in total. The molecular weight excluding hydrogens is 458 g/mol. The van der Waals surface area contributed by atoms with E-state index in [1.165, 1.54) is 6.33 Å². The summed E-state index contributed by atoms with van der Waals surface area (Å²) in [5.41, 5.74) is 1.29.